The molecule has 0 radical (unpaired) electrons. The second-order valence-electron chi connectivity index (χ2n) is 5.26. The number of nitrogens with zero attached hydrogens (tertiary/aromatic N) is 3. The Kier molecular flexibility index (Phi) is 5.44. The van der Waals surface area contributed by atoms with Gasteiger partial charge in [0.25, 0.3) is 5.22 Å². The van der Waals surface area contributed by atoms with Crippen LogP contribution in [0.15, 0.2) is 39.3 Å². The van der Waals surface area contributed by atoms with Crippen molar-refractivity contribution in [2.75, 3.05) is 5.32 Å². The second kappa shape index (κ2) is 7.75. The van der Waals surface area contributed by atoms with E-state index < -0.39 is 11.1 Å². The highest BCUT2D eigenvalue weighted by Crippen LogP contribution is 2.24. The molecular formula is C16H15FN4O2S2. The largest absolute Gasteiger partial charge is 0.416 e. The molecule has 25 heavy (non-hydrogen) atoms. The van der Waals surface area contributed by atoms with Crippen molar-refractivity contribution in [3.05, 3.63) is 52.1 Å². The topological polar surface area (TPSA) is 80.9 Å². The van der Waals surface area contributed by atoms with Crippen LogP contribution >= 0.6 is 23.1 Å². The lowest BCUT2D eigenvalue weighted by Gasteiger charge is -2.09. The highest BCUT2D eigenvalue weighted by atomic mass is 32.2. The van der Waals surface area contributed by atoms with Gasteiger partial charge in [-0.25, -0.2) is 9.37 Å². The fourth-order valence-electron chi connectivity index (χ4n) is 2.02. The maximum Gasteiger partial charge on any atom is 0.277 e. The third kappa shape index (κ3) is 4.86. The van der Waals surface area contributed by atoms with Crippen LogP contribution in [0.4, 0.5) is 10.1 Å². The van der Waals surface area contributed by atoms with Crippen LogP contribution in [0.25, 0.3) is 0 Å². The number of benzene rings is 1. The minimum atomic E-state index is -0.474. The number of rotatable bonds is 6. The van der Waals surface area contributed by atoms with Gasteiger partial charge in [-0.3, -0.25) is 4.79 Å². The number of aromatic nitrogens is 3. The molecule has 3 aromatic rings. The van der Waals surface area contributed by atoms with Gasteiger partial charge >= 0.3 is 0 Å². The van der Waals surface area contributed by atoms with Crippen molar-refractivity contribution >= 4 is 34.7 Å². The Bertz CT molecular complexity index is 880. The molecule has 2 heterocycles. The highest BCUT2D eigenvalue weighted by molar-refractivity contribution is 8.00. The summed E-state index contributed by atoms with van der Waals surface area (Å²) in [5.74, 6) is -0.229. The van der Waals surface area contributed by atoms with Crippen molar-refractivity contribution in [3.63, 3.8) is 0 Å². The molecule has 6 nitrogen and oxygen atoms in total. The molecule has 1 atom stereocenters. The van der Waals surface area contributed by atoms with Crippen LogP contribution in [-0.4, -0.2) is 26.3 Å². The molecule has 0 aliphatic rings. The van der Waals surface area contributed by atoms with Crippen LogP contribution in [0.1, 0.15) is 23.5 Å². The van der Waals surface area contributed by atoms with E-state index >= 15 is 0 Å². The van der Waals surface area contributed by atoms with E-state index in [4.69, 9.17) is 4.42 Å². The predicted octanol–water partition coefficient (Wildman–Crippen LogP) is 3.68. The Hall–Kier alpha value is -2.26. The van der Waals surface area contributed by atoms with Gasteiger partial charge in [0, 0.05) is 11.1 Å². The molecule has 0 bridgehead atoms. The Morgan fingerprint density at radius 3 is 3.00 bits per heavy atom. The SMILES string of the molecule is Cc1nc(Cc2nnc(S[C@H](C)C(=O)Nc3cccc(F)c3)o2)cs1. The zero-order chi connectivity index (χ0) is 17.8. The van der Waals surface area contributed by atoms with E-state index in [1.807, 2.05) is 12.3 Å². The van der Waals surface area contributed by atoms with Crippen LogP contribution in [0.3, 0.4) is 0 Å². The number of thioether (sulfide) groups is 1. The van der Waals surface area contributed by atoms with Crippen molar-refractivity contribution in [3.8, 4) is 0 Å². The van der Waals surface area contributed by atoms with E-state index in [1.54, 1.807) is 24.3 Å². The van der Waals surface area contributed by atoms with Gasteiger partial charge in [0.2, 0.25) is 11.8 Å². The zero-order valence-electron chi connectivity index (χ0n) is 13.5. The number of carbonyl (C=O) groups is 1. The molecule has 3 rings (SSSR count). The number of halogens is 1. The molecule has 130 valence electrons. The number of amides is 1. The fourth-order valence-corrected chi connectivity index (χ4v) is 3.33. The van der Waals surface area contributed by atoms with Gasteiger partial charge in [-0.2, -0.15) is 0 Å². The lowest BCUT2D eigenvalue weighted by atomic mass is 10.3. The lowest BCUT2D eigenvalue weighted by molar-refractivity contribution is -0.115. The summed E-state index contributed by atoms with van der Waals surface area (Å²) in [5, 5.41) is 13.3. The van der Waals surface area contributed by atoms with Gasteiger partial charge in [0.1, 0.15) is 5.82 Å². The summed E-state index contributed by atoms with van der Waals surface area (Å²) in [7, 11) is 0. The first kappa shape index (κ1) is 17.6. The average molecular weight is 378 g/mol. The van der Waals surface area contributed by atoms with Crippen LogP contribution in [0.5, 0.6) is 0 Å². The van der Waals surface area contributed by atoms with Crippen LogP contribution in [0, 0.1) is 12.7 Å². The van der Waals surface area contributed by atoms with Gasteiger partial charge in [0.15, 0.2) is 0 Å². The molecule has 0 fully saturated rings. The number of hydrogen-bond acceptors (Lipinski definition) is 7. The molecule has 0 spiro atoms. The summed E-state index contributed by atoms with van der Waals surface area (Å²) >= 11 is 2.71. The van der Waals surface area contributed by atoms with Crippen molar-refractivity contribution < 1.29 is 13.6 Å². The normalized spacial score (nSPS) is 12.1. The number of thiazole rings is 1. The third-order valence-corrected chi connectivity index (χ3v) is 4.94. The number of nitrogens with one attached hydrogen (secondary N) is 1. The summed E-state index contributed by atoms with van der Waals surface area (Å²) in [6.07, 6.45) is 0.460. The maximum absolute atomic E-state index is 13.2. The Morgan fingerprint density at radius 2 is 2.28 bits per heavy atom. The summed E-state index contributed by atoms with van der Waals surface area (Å²) in [5.41, 5.74) is 1.28. The fraction of sp³-hybridized carbons (Fsp3) is 0.250. The predicted molar refractivity (Wildman–Crippen MR) is 94.3 cm³/mol. The van der Waals surface area contributed by atoms with E-state index in [2.05, 4.69) is 20.5 Å². The molecule has 0 saturated heterocycles. The number of aryl methyl sites for hydroxylation is 1. The first-order valence-corrected chi connectivity index (χ1v) is 9.22. The van der Waals surface area contributed by atoms with Gasteiger partial charge in [0.05, 0.1) is 22.4 Å². The van der Waals surface area contributed by atoms with Crippen LogP contribution in [0.2, 0.25) is 0 Å². The molecular weight excluding hydrogens is 363 g/mol. The molecule has 1 N–H and O–H groups in total. The number of anilines is 1. The highest BCUT2D eigenvalue weighted by Gasteiger charge is 2.19. The minimum Gasteiger partial charge on any atom is -0.416 e. The van der Waals surface area contributed by atoms with Gasteiger partial charge in [-0.15, -0.1) is 21.5 Å². The van der Waals surface area contributed by atoms with E-state index in [-0.39, 0.29) is 5.91 Å². The Balaban J connectivity index is 1.57. The summed E-state index contributed by atoms with van der Waals surface area (Å²) in [6, 6.07) is 5.74. The third-order valence-electron chi connectivity index (χ3n) is 3.19. The number of hydrogen-bond donors (Lipinski definition) is 1. The molecule has 0 aliphatic carbocycles. The summed E-state index contributed by atoms with van der Waals surface area (Å²) in [4.78, 5) is 16.5. The van der Waals surface area contributed by atoms with Crippen molar-refractivity contribution in [2.24, 2.45) is 0 Å². The van der Waals surface area contributed by atoms with E-state index in [0.29, 0.717) is 23.2 Å². The quantitative estimate of drug-likeness (QED) is 0.659. The van der Waals surface area contributed by atoms with Gasteiger partial charge in [-0.1, -0.05) is 17.8 Å². The molecule has 0 unspecified atom stereocenters. The molecule has 1 amide bonds. The second-order valence-corrected chi connectivity index (χ2v) is 7.61. The molecule has 1 aromatic carbocycles. The van der Waals surface area contributed by atoms with E-state index in [9.17, 15) is 9.18 Å². The van der Waals surface area contributed by atoms with Gasteiger partial charge < -0.3 is 9.73 Å². The molecule has 0 aliphatic heterocycles. The molecule has 2 aromatic heterocycles. The maximum atomic E-state index is 13.2. The number of carbonyl (C=O) groups excluding carboxylic acids is 1. The smallest absolute Gasteiger partial charge is 0.277 e. The standard InChI is InChI=1S/C16H15FN4O2S2/c1-9(15(22)19-12-5-3-4-11(17)6-12)25-16-21-20-14(23-16)7-13-8-24-10(2)18-13/h3-6,8-9H,7H2,1-2H3,(H,19,22)/t9-/m1/s1. The van der Waals surface area contributed by atoms with Crippen LogP contribution < -0.4 is 5.32 Å². The first-order chi connectivity index (χ1) is 12.0. The summed E-state index contributed by atoms with van der Waals surface area (Å²) in [6.45, 7) is 3.65. The van der Waals surface area contributed by atoms with Crippen LogP contribution in [-0.2, 0) is 11.2 Å². The van der Waals surface area contributed by atoms with E-state index in [1.165, 1.54) is 18.2 Å². The molecule has 9 heteroatoms. The first-order valence-electron chi connectivity index (χ1n) is 7.46. The van der Waals surface area contributed by atoms with Gasteiger partial charge in [-0.05, 0) is 32.0 Å². The van der Waals surface area contributed by atoms with Crippen molar-refractivity contribution in [1.82, 2.24) is 15.2 Å². The monoisotopic (exact) mass is 378 g/mol. The zero-order valence-corrected chi connectivity index (χ0v) is 15.2. The minimum absolute atomic E-state index is 0.273. The Labute approximate surface area is 151 Å². The molecule has 0 saturated carbocycles. The van der Waals surface area contributed by atoms with Crippen molar-refractivity contribution in [2.45, 2.75) is 30.7 Å². The van der Waals surface area contributed by atoms with Crippen molar-refractivity contribution in [1.29, 1.82) is 0 Å². The lowest BCUT2D eigenvalue weighted by Crippen LogP contribution is -2.22. The summed E-state index contributed by atoms with van der Waals surface area (Å²) < 4.78 is 18.7. The average Bonchev–Trinajstić information content (AvgIpc) is 3.16. The van der Waals surface area contributed by atoms with E-state index in [0.717, 1.165) is 22.5 Å². The Morgan fingerprint density at radius 1 is 1.44 bits per heavy atom.